The molecule has 6 heteroatoms. The number of anilines is 2. The molecule has 0 aliphatic carbocycles. The molecule has 1 N–H and O–H groups in total. The normalized spacial score (nSPS) is 12.8. The van der Waals surface area contributed by atoms with Crippen molar-refractivity contribution in [1.29, 1.82) is 0 Å². The molecule has 1 heterocycles. The van der Waals surface area contributed by atoms with Crippen molar-refractivity contribution in [2.75, 3.05) is 30.0 Å². The third-order valence-corrected chi connectivity index (χ3v) is 3.94. The van der Waals surface area contributed by atoms with Gasteiger partial charge in [0.15, 0.2) is 6.61 Å². The molecule has 0 aromatic heterocycles. The van der Waals surface area contributed by atoms with E-state index in [4.69, 9.17) is 9.47 Å². The number of para-hydroxylation sites is 1. The number of nitrogens with zero attached hydrogens (tertiary/aromatic N) is 1. The highest BCUT2D eigenvalue weighted by Crippen LogP contribution is 2.34. The first kappa shape index (κ1) is 16.8. The zero-order valence-corrected chi connectivity index (χ0v) is 14.2. The molecule has 1 aliphatic rings. The third kappa shape index (κ3) is 3.91. The van der Waals surface area contributed by atoms with Crippen LogP contribution < -0.4 is 19.7 Å². The van der Waals surface area contributed by atoms with Crippen molar-refractivity contribution in [3.8, 4) is 11.5 Å². The van der Waals surface area contributed by atoms with E-state index in [-0.39, 0.29) is 18.4 Å². The second kappa shape index (κ2) is 7.25. The monoisotopic (exact) mass is 340 g/mol. The standard InChI is InChI=1S/C19H20N2O4/c1-13-5-3-4-6-17(13)25-12-19(23)20-15-7-8-18-16(11-15)21(14(2)22)9-10-24-18/h3-8,11H,9-10,12H2,1-2H3,(H,20,23). The van der Waals surface area contributed by atoms with Crippen molar-refractivity contribution in [2.24, 2.45) is 0 Å². The Morgan fingerprint density at radius 1 is 1.24 bits per heavy atom. The van der Waals surface area contributed by atoms with Gasteiger partial charge in [-0.3, -0.25) is 9.59 Å². The lowest BCUT2D eigenvalue weighted by molar-refractivity contribution is -0.118. The van der Waals surface area contributed by atoms with Crippen LogP contribution in [0.4, 0.5) is 11.4 Å². The lowest BCUT2D eigenvalue weighted by atomic mass is 10.2. The maximum Gasteiger partial charge on any atom is 0.262 e. The summed E-state index contributed by atoms with van der Waals surface area (Å²) in [5.74, 6) is 0.986. The van der Waals surface area contributed by atoms with Gasteiger partial charge in [0.2, 0.25) is 5.91 Å². The Labute approximate surface area is 146 Å². The molecule has 130 valence electrons. The summed E-state index contributed by atoms with van der Waals surface area (Å²) in [5, 5.41) is 2.78. The Balaban J connectivity index is 1.67. The largest absolute Gasteiger partial charge is 0.490 e. The second-order valence-corrected chi connectivity index (χ2v) is 5.80. The van der Waals surface area contributed by atoms with Gasteiger partial charge in [0.25, 0.3) is 5.91 Å². The van der Waals surface area contributed by atoms with Crippen LogP contribution in [0.5, 0.6) is 11.5 Å². The molecule has 1 aliphatic heterocycles. The van der Waals surface area contributed by atoms with Crippen molar-refractivity contribution < 1.29 is 19.1 Å². The SMILES string of the molecule is CC(=O)N1CCOc2ccc(NC(=O)COc3ccccc3C)cc21. The average molecular weight is 340 g/mol. The van der Waals surface area contributed by atoms with Crippen LogP contribution in [0.2, 0.25) is 0 Å². The van der Waals surface area contributed by atoms with Crippen molar-refractivity contribution in [2.45, 2.75) is 13.8 Å². The quantitative estimate of drug-likeness (QED) is 0.929. The number of rotatable bonds is 4. The summed E-state index contributed by atoms with van der Waals surface area (Å²) in [6.07, 6.45) is 0. The van der Waals surface area contributed by atoms with Gasteiger partial charge < -0.3 is 19.7 Å². The van der Waals surface area contributed by atoms with E-state index in [1.807, 2.05) is 31.2 Å². The molecular weight excluding hydrogens is 320 g/mol. The molecule has 0 fully saturated rings. The van der Waals surface area contributed by atoms with E-state index in [0.29, 0.717) is 36.0 Å². The summed E-state index contributed by atoms with van der Waals surface area (Å²) in [4.78, 5) is 25.5. The minimum Gasteiger partial charge on any atom is -0.490 e. The minimum atomic E-state index is -0.269. The van der Waals surface area contributed by atoms with Crippen LogP contribution in [0.3, 0.4) is 0 Å². The van der Waals surface area contributed by atoms with Crippen LogP contribution in [-0.4, -0.2) is 31.6 Å². The highest BCUT2D eigenvalue weighted by molar-refractivity contribution is 5.96. The van der Waals surface area contributed by atoms with Crippen LogP contribution >= 0.6 is 0 Å². The molecule has 0 spiro atoms. The predicted molar refractivity (Wildman–Crippen MR) is 95.3 cm³/mol. The Hall–Kier alpha value is -3.02. The maximum absolute atomic E-state index is 12.1. The van der Waals surface area contributed by atoms with E-state index in [9.17, 15) is 9.59 Å². The van der Waals surface area contributed by atoms with Gasteiger partial charge >= 0.3 is 0 Å². The van der Waals surface area contributed by atoms with Crippen LogP contribution in [0.15, 0.2) is 42.5 Å². The van der Waals surface area contributed by atoms with Crippen LogP contribution in [0.1, 0.15) is 12.5 Å². The summed E-state index contributed by atoms with van der Waals surface area (Å²) in [6.45, 7) is 4.30. The number of ether oxygens (including phenoxy) is 2. The smallest absolute Gasteiger partial charge is 0.262 e. The number of hydrogen-bond acceptors (Lipinski definition) is 4. The molecule has 25 heavy (non-hydrogen) atoms. The van der Waals surface area contributed by atoms with Crippen molar-refractivity contribution in [3.63, 3.8) is 0 Å². The topological polar surface area (TPSA) is 67.9 Å². The van der Waals surface area contributed by atoms with Gasteiger partial charge in [-0.15, -0.1) is 0 Å². The van der Waals surface area contributed by atoms with Gasteiger partial charge in [-0.1, -0.05) is 18.2 Å². The summed E-state index contributed by atoms with van der Waals surface area (Å²) in [7, 11) is 0. The van der Waals surface area contributed by atoms with E-state index in [2.05, 4.69) is 5.32 Å². The number of fused-ring (bicyclic) bond motifs is 1. The Bertz CT molecular complexity index is 804. The molecule has 0 atom stereocenters. The summed E-state index contributed by atoms with van der Waals surface area (Å²) in [6, 6.07) is 12.8. The van der Waals surface area contributed by atoms with Gasteiger partial charge in [-0.2, -0.15) is 0 Å². The summed E-state index contributed by atoms with van der Waals surface area (Å²) in [5.41, 5.74) is 2.23. The zero-order chi connectivity index (χ0) is 17.8. The van der Waals surface area contributed by atoms with Crippen LogP contribution in [0.25, 0.3) is 0 Å². The van der Waals surface area contributed by atoms with Crippen molar-refractivity contribution in [1.82, 2.24) is 0 Å². The van der Waals surface area contributed by atoms with Gasteiger partial charge in [-0.25, -0.2) is 0 Å². The molecule has 2 aromatic carbocycles. The molecule has 0 saturated heterocycles. The van der Waals surface area contributed by atoms with Crippen LogP contribution in [-0.2, 0) is 9.59 Å². The average Bonchev–Trinajstić information content (AvgIpc) is 2.60. The fourth-order valence-corrected chi connectivity index (χ4v) is 2.68. The predicted octanol–water partition coefficient (Wildman–Crippen LogP) is 2.76. The highest BCUT2D eigenvalue weighted by Gasteiger charge is 2.21. The first-order valence-electron chi connectivity index (χ1n) is 8.08. The molecule has 2 aromatic rings. The number of benzene rings is 2. The molecular formula is C19H20N2O4. The van der Waals surface area contributed by atoms with E-state index >= 15 is 0 Å². The number of amides is 2. The highest BCUT2D eigenvalue weighted by atomic mass is 16.5. The third-order valence-electron chi connectivity index (χ3n) is 3.94. The molecule has 0 bridgehead atoms. The molecule has 2 amide bonds. The lowest BCUT2D eigenvalue weighted by Gasteiger charge is -2.29. The van der Waals surface area contributed by atoms with Gasteiger partial charge in [0, 0.05) is 12.6 Å². The first-order chi connectivity index (χ1) is 12.0. The minimum absolute atomic E-state index is 0.0593. The van der Waals surface area contributed by atoms with E-state index in [1.165, 1.54) is 6.92 Å². The number of hydrogen-bond donors (Lipinski definition) is 1. The molecule has 0 radical (unpaired) electrons. The van der Waals surface area contributed by atoms with Crippen molar-refractivity contribution >= 4 is 23.2 Å². The first-order valence-corrected chi connectivity index (χ1v) is 8.08. The van der Waals surface area contributed by atoms with E-state index in [1.54, 1.807) is 23.1 Å². The number of carbonyl (C=O) groups is 2. The molecule has 0 unspecified atom stereocenters. The van der Waals surface area contributed by atoms with Gasteiger partial charge in [0.05, 0.1) is 12.2 Å². The lowest BCUT2D eigenvalue weighted by Crippen LogP contribution is -2.36. The molecule has 6 nitrogen and oxygen atoms in total. The van der Waals surface area contributed by atoms with Crippen molar-refractivity contribution in [3.05, 3.63) is 48.0 Å². The van der Waals surface area contributed by atoms with Gasteiger partial charge in [-0.05, 0) is 36.8 Å². The Kier molecular flexibility index (Phi) is 4.88. The maximum atomic E-state index is 12.1. The fraction of sp³-hybridized carbons (Fsp3) is 0.263. The zero-order valence-electron chi connectivity index (χ0n) is 14.2. The Morgan fingerprint density at radius 3 is 2.80 bits per heavy atom. The van der Waals surface area contributed by atoms with E-state index in [0.717, 1.165) is 5.56 Å². The number of nitrogens with one attached hydrogen (secondary N) is 1. The fourth-order valence-electron chi connectivity index (χ4n) is 2.68. The second-order valence-electron chi connectivity index (χ2n) is 5.80. The summed E-state index contributed by atoms with van der Waals surface area (Å²) < 4.78 is 11.1. The Morgan fingerprint density at radius 2 is 2.04 bits per heavy atom. The van der Waals surface area contributed by atoms with E-state index < -0.39 is 0 Å². The molecule has 0 saturated carbocycles. The van der Waals surface area contributed by atoms with Gasteiger partial charge in [0.1, 0.15) is 18.1 Å². The molecule has 3 rings (SSSR count). The van der Waals surface area contributed by atoms with Crippen LogP contribution in [0, 0.1) is 6.92 Å². The summed E-state index contributed by atoms with van der Waals surface area (Å²) >= 11 is 0. The number of aryl methyl sites for hydroxylation is 1. The number of carbonyl (C=O) groups excluding carboxylic acids is 2.